The maximum absolute atomic E-state index is 14.4. The van der Waals surface area contributed by atoms with Crippen LogP contribution in [0, 0.1) is 0 Å². The van der Waals surface area contributed by atoms with Gasteiger partial charge in [0.2, 0.25) is 0 Å². The van der Waals surface area contributed by atoms with Crippen LogP contribution in [-0.2, 0) is 88.1 Å². The van der Waals surface area contributed by atoms with Gasteiger partial charge in [0.25, 0.3) is 0 Å². The van der Waals surface area contributed by atoms with Gasteiger partial charge in [-0.3, -0.25) is 0 Å². The number of hydrogen-bond acceptors (Lipinski definition) is 8. The SMILES string of the molecule is COc1cc2c([Se](=O)O)c(c1)COc1c3cc(C(C)(C)C)cc1Cc1cc(C(C)(C)C)cc(c1OC)Cc1cc(C(C)(C)C)cc(c1OC)Cc1cc(C(C)(C)C)cc(c1OC2)Cc1cc(C(C)(C)C)cc(c1OC)Cc1cc(C(C)(C)C)cc(c1OC)C3. The number of rotatable bonds is 6. The molecule has 0 saturated carbocycles. The molecule has 0 radical (unpaired) electrons. The number of methoxy groups -OCH3 is 5. The van der Waals surface area contributed by atoms with Crippen molar-refractivity contribution in [2.45, 2.75) is 209 Å². The molecule has 10 heteroatoms. The van der Waals surface area contributed by atoms with Crippen LogP contribution in [0.2, 0.25) is 0 Å². The average Bonchev–Trinajstić information content (AvgIpc) is 1.07. The summed E-state index contributed by atoms with van der Waals surface area (Å²) in [7, 11) is 8.79. The Kier molecular flexibility index (Phi) is 18.7. The van der Waals surface area contributed by atoms with Crippen molar-refractivity contribution in [2.75, 3.05) is 35.5 Å². The van der Waals surface area contributed by atoms with Crippen LogP contribution in [0.3, 0.4) is 0 Å². The zero-order valence-corrected chi connectivity index (χ0v) is 59.6. The normalized spacial score (nSPS) is 14.6. The van der Waals surface area contributed by atoms with Gasteiger partial charge in [-0.1, -0.05) is 0 Å². The molecule has 0 spiro atoms. The third kappa shape index (κ3) is 14.3. The van der Waals surface area contributed by atoms with Crippen LogP contribution < -0.4 is 37.6 Å². The fourth-order valence-corrected chi connectivity index (χ4v) is 14.4. The van der Waals surface area contributed by atoms with Gasteiger partial charge in [-0.2, -0.15) is 0 Å². The summed E-state index contributed by atoms with van der Waals surface area (Å²) in [5.41, 5.74) is 18.6. The van der Waals surface area contributed by atoms with E-state index in [4.69, 9.17) is 33.2 Å². The van der Waals surface area contributed by atoms with Gasteiger partial charge in [0, 0.05) is 0 Å². The summed E-state index contributed by atoms with van der Waals surface area (Å²) in [6, 6.07) is 31.5. The quantitative estimate of drug-likeness (QED) is 0.163. The van der Waals surface area contributed by atoms with Crippen LogP contribution in [0.25, 0.3) is 0 Å². The van der Waals surface area contributed by atoms with E-state index in [0.29, 0.717) is 71.4 Å². The Hall–Kier alpha value is -6.58. The number of ether oxygens (including phenoxy) is 7. The predicted molar refractivity (Wildman–Crippen MR) is 364 cm³/mol. The van der Waals surface area contributed by atoms with Crippen molar-refractivity contribution < 1.29 is 41.2 Å². The molecule has 9 rings (SSSR count). The van der Waals surface area contributed by atoms with E-state index in [0.717, 1.165) is 101 Å². The zero-order chi connectivity index (χ0) is 65.2. The summed E-state index contributed by atoms with van der Waals surface area (Å²) in [6.45, 7) is 40.8. The van der Waals surface area contributed by atoms with E-state index >= 15 is 0 Å². The van der Waals surface area contributed by atoms with Gasteiger partial charge in [-0.25, -0.2) is 0 Å². The molecule has 2 heterocycles. The predicted octanol–water partition coefficient (Wildman–Crippen LogP) is 17.0. The molecule has 0 saturated heterocycles. The average molecular weight is 1270 g/mol. The van der Waals surface area contributed by atoms with E-state index in [9.17, 15) is 8.02 Å². The molecule has 1 N–H and O–H groups in total. The third-order valence-electron chi connectivity index (χ3n) is 18.1. The fraction of sp³-hybridized carbons (Fsp3) is 0.468. The second-order valence-electron chi connectivity index (χ2n) is 31.2. The van der Waals surface area contributed by atoms with Crippen molar-refractivity contribution in [3.63, 3.8) is 0 Å². The Morgan fingerprint density at radius 2 is 0.494 bits per heavy atom. The fourth-order valence-electron chi connectivity index (χ4n) is 12.9. The van der Waals surface area contributed by atoms with E-state index < -0.39 is 14.2 Å². The summed E-state index contributed by atoms with van der Waals surface area (Å²) in [5, 5.41) is 0. The molecule has 9 nitrogen and oxygen atoms in total. The van der Waals surface area contributed by atoms with E-state index in [1.54, 1.807) is 35.5 Å². The van der Waals surface area contributed by atoms with E-state index in [-0.39, 0.29) is 45.7 Å². The van der Waals surface area contributed by atoms with Crippen molar-refractivity contribution in [3.05, 3.63) is 196 Å². The number of hydrogen-bond donors (Lipinski definition) is 1. The monoisotopic (exact) mass is 1270 g/mol. The Morgan fingerprint density at radius 1 is 0.303 bits per heavy atom. The minimum atomic E-state index is -3.72. The molecule has 0 amide bonds. The first-order valence-electron chi connectivity index (χ1n) is 31.6. The van der Waals surface area contributed by atoms with E-state index in [1.807, 2.05) is 12.1 Å². The van der Waals surface area contributed by atoms with Crippen LogP contribution in [0.1, 0.15) is 236 Å². The topological polar surface area (TPSA) is 102 Å². The molecule has 2 aliphatic rings. The van der Waals surface area contributed by atoms with Crippen molar-refractivity contribution >= 4 is 18.6 Å². The first kappa shape index (κ1) is 66.8. The molecular formula is C79H100O9Se. The molecule has 0 aliphatic carbocycles. The Morgan fingerprint density at radius 3 is 0.663 bits per heavy atom. The van der Waals surface area contributed by atoms with Crippen molar-refractivity contribution in [1.82, 2.24) is 0 Å². The Labute approximate surface area is 537 Å². The molecule has 0 fully saturated rings. The Balaban J connectivity index is 1.54. The summed E-state index contributed by atoms with van der Waals surface area (Å²) < 4.78 is 74.5. The molecule has 1 unspecified atom stereocenters. The van der Waals surface area contributed by atoms with Gasteiger partial charge in [-0.15, -0.1) is 0 Å². The third-order valence-corrected chi connectivity index (χ3v) is 20.0. The second-order valence-corrected chi connectivity index (χ2v) is 33.1. The van der Waals surface area contributed by atoms with Gasteiger partial charge >= 0.3 is 541 Å². The van der Waals surface area contributed by atoms with Crippen LogP contribution in [0.4, 0.5) is 0 Å². The van der Waals surface area contributed by atoms with E-state index in [1.165, 1.54) is 22.3 Å². The van der Waals surface area contributed by atoms with Crippen molar-refractivity contribution in [3.8, 4) is 40.2 Å². The molecule has 12 bridgehead atoms. The van der Waals surface area contributed by atoms with Gasteiger partial charge in [0.1, 0.15) is 0 Å². The molecule has 2 aliphatic heterocycles. The molecule has 0 aromatic heterocycles. The maximum atomic E-state index is 14.4. The molecule has 7 aromatic rings. The van der Waals surface area contributed by atoms with Crippen LogP contribution in [-0.4, -0.2) is 53.9 Å². The number of fused-ring (bicyclic) bond motifs is 10. The molecular weight excluding hydrogens is 1170 g/mol. The summed E-state index contributed by atoms with van der Waals surface area (Å²) in [6.07, 6.45) is 2.86. The standard InChI is InChI=1S/C79H100O9Se/c1-74(2,3)60-30-46-24-47-31-61(75(4,5)6)35-51(68(47)84-21)27-56-40-65(79(16,17)18)41-57-29-53-37-63(77(10,11)12)33-49(70(53)86-23)25-48-32-62(76(7,8)9)36-52(69(48)85-22)28-55-39-64(78(13,14)15)38-54(26-50(34-60)67(46)83-20)71(55)87-44-58-42-66(82-19)43-59(45-88-72(56)57)73(58)89(80)81/h30-43H,24-29,44-45H2,1-23H3,(H,80,81). The first-order chi connectivity index (χ1) is 41.4. The molecule has 476 valence electrons. The summed E-state index contributed by atoms with van der Waals surface area (Å²) in [4.78, 5) is 0. The van der Waals surface area contributed by atoms with Gasteiger partial charge < -0.3 is 0 Å². The number of benzene rings is 7. The van der Waals surface area contributed by atoms with Gasteiger partial charge in [0.05, 0.1) is 0 Å². The summed E-state index contributed by atoms with van der Waals surface area (Å²) in [5.74, 6) is 5.10. The Bertz CT molecular complexity index is 3430. The molecule has 7 aromatic carbocycles. The minimum absolute atomic E-state index is 0.0299. The van der Waals surface area contributed by atoms with E-state index in [2.05, 4.69) is 197 Å². The summed E-state index contributed by atoms with van der Waals surface area (Å²) >= 11 is -3.72. The van der Waals surface area contributed by atoms with Crippen LogP contribution >= 0.6 is 0 Å². The van der Waals surface area contributed by atoms with Crippen molar-refractivity contribution in [1.29, 1.82) is 0 Å². The second kappa shape index (κ2) is 24.9. The van der Waals surface area contributed by atoms with Gasteiger partial charge in [-0.05, 0) is 0 Å². The van der Waals surface area contributed by atoms with Gasteiger partial charge in [0.15, 0.2) is 0 Å². The zero-order valence-electron chi connectivity index (χ0n) is 57.9. The van der Waals surface area contributed by atoms with Crippen LogP contribution in [0.5, 0.6) is 40.2 Å². The first-order valence-corrected chi connectivity index (χ1v) is 34.0. The molecule has 1 atom stereocenters. The van der Waals surface area contributed by atoms with Crippen LogP contribution in [0.15, 0.2) is 84.9 Å². The van der Waals surface area contributed by atoms with Crippen molar-refractivity contribution in [2.24, 2.45) is 0 Å². The molecule has 89 heavy (non-hydrogen) atoms.